The topological polar surface area (TPSA) is 54.7 Å². The number of nitrogens with two attached hydrogens (primary N) is 1. The monoisotopic (exact) mass is 627 g/mol. The second-order valence-corrected chi connectivity index (χ2v) is 12.2. The summed E-state index contributed by atoms with van der Waals surface area (Å²) < 4.78 is 2.34. The third-order valence-electron chi connectivity index (χ3n) is 9.39. The van der Waals surface area contributed by atoms with Crippen molar-refractivity contribution in [1.82, 2.24) is 4.57 Å². The van der Waals surface area contributed by atoms with Crippen LogP contribution in [0.15, 0.2) is 170 Å². The van der Waals surface area contributed by atoms with E-state index in [1.807, 2.05) is 31.2 Å². The third kappa shape index (κ3) is 5.26. The molecule has 0 radical (unpaired) electrons. The van der Waals surface area contributed by atoms with E-state index in [4.69, 9.17) is 5.73 Å². The standard InChI is InChI=1S/C46H33N3/c1-2-36(34-14-12-13-31(27-34)30-47)37-17-6-7-18-38(37)39-19-8-9-20-40(39)42-28-32(23-25-44(42)48)33-24-26-46-43(29-33)41-21-10-11-22-45(41)49(46)35-15-4-3-5-16-35/h2-29H,48H2,1H3/b36-2-. The van der Waals surface area contributed by atoms with E-state index < -0.39 is 0 Å². The lowest BCUT2D eigenvalue weighted by atomic mass is 9.86. The van der Waals surface area contributed by atoms with Crippen LogP contribution in [0.3, 0.4) is 0 Å². The molecule has 0 saturated carbocycles. The van der Waals surface area contributed by atoms with E-state index in [-0.39, 0.29) is 0 Å². The van der Waals surface area contributed by atoms with Crippen LogP contribution < -0.4 is 5.73 Å². The quantitative estimate of drug-likeness (QED) is 0.187. The number of hydrogen-bond donors (Lipinski definition) is 1. The Hall–Kier alpha value is -6.63. The molecule has 0 aliphatic rings. The van der Waals surface area contributed by atoms with E-state index in [0.29, 0.717) is 5.56 Å². The maximum absolute atomic E-state index is 9.58. The van der Waals surface area contributed by atoms with E-state index in [2.05, 4.69) is 156 Å². The molecule has 2 N–H and O–H groups in total. The second kappa shape index (κ2) is 12.5. The van der Waals surface area contributed by atoms with Gasteiger partial charge >= 0.3 is 0 Å². The summed E-state index contributed by atoms with van der Waals surface area (Å²) >= 11 is 0. The Morgan fingerprint density at radius 3 is 2.02 bits per heavy atom. The van der Waals surface area contributed by atoms with Crippen LogP contribution in [0.5, 0.6) is 0 Å². The zero-order valence-electron chi connectivity index (χ0n) is 27.1. The zero-order valence-corrected chi connectivity index (χ0v) is 27.1. The van der Waals surface area contributed by atoms with Gasteiger partial charge < -0.3 is 10.3 Å². The lowest BCUT2D eigenvalue weighted by molar-refractivity contribution is 1.18. The first-order chi connectivity index (χ1) is 24.1. The predicted molar refractivity (Wildman–Crippen MR) is 205 cm³/mol. The van der Waals surface area contributed by atoms with Crippen LogP contribution in [0.1, 0.15) is 23.6 Å². The minimum atomic E-state index is 0.641. The first-order valence-electron chi connectivity index (χ1n) is 16.5. The number of nitrogens with zero attached hydrogens (tertiary/aromatic N) is 2. The van der Waals surface area contributed by atoms with Gasteiger partial charge in [-0.05, 0) is 106 Å². The highest BCUT2D eigenvalue weighted by molar-refractivity contribution is 6.10. The number of aromatic nitrogens is 1. The van der Waals surface area contributed by atoms with E-state index in [1.165, 1.54) is 21.8 Å². The van der Waals surface area contributed by atoms with Gasteiger partial charge in [-0.25, -0.2) is 0 Å². The van der Waals surface area contributed by atoms with Gasteiger partial charge in [-0.3, -0.25) is 0 Å². The third-order valence-corrected chi connectivity index (χ3v) is 9.39. The molecule has 8 rings (SSSR count). The fourth-order valence-electron chi connectivity index (χ4n) is 7.12. The summed E-state index contributed by atoms with van der Waals surface area (Å²) in [5, 5.41) is 12.0. The summed E-state index contributed by atoms with van der Waals surface area (Å²) in [6.07, 6.45) is 2.12. The predicted octanol–water partition coefficient (Wildman–Crippen LogP) is 11.7. The van der Waals surface area contributed by atoms with Crippen LogP contribution in [0.2, 0.25) is 0 Å². The van der Waals surface area contributed by atoms with Gasteiger partial charge in [-0.15, -0.1) is 0 Å². The van der Waals surface area contributed by atoms with Crippen LogP contribution in [0, 0.1) is 11.3 Å². The van der Waals surface area contributed by atoms with Crippen LogP contribution in [0.4, 0.5) is 5.69 Å². The van der Waals surface area contributed by atoms with E-state index >= 15 is 0 Å². The molecule has 1 aromatic heterocycles. The van der Waals surface area contributed by atoms with Gasteiger partial charge in [0.1, 0.15) is 0 Å². The average Bonchev–Trinajstić information content (AvgIpc) is 3.50. The Balaban J connectivity index is 1.26. The number of fused-ring (bicyclic) bond motifs is 3. The second-order valence-electron chi connectivity index (χ2n) is 12.2. The molecule has 0 amide bonds. The first-order valence-corrected chi connectivity index (χ1v) is 16.5. The smallest absolute Gasteiger partial charge is 0.0991 e. The highest BCUT2D eigenvalue weighted by Gasteiger charge is 2.18. The molecule has 0 aliphatic carbocycles. The van der Waals surface area contributed by atoms with Crippen LogP contribution in [0.25, 0.3) is 66.4 Å². The van der Waals surface area contributed by atoms with Crippen molar-refractivity contribution in [2.45, 2.75) is 6.92 Å². The minimum Gasteiger partial charge on any atom is -0.398 e. The molecule has 0 fully saturated rings. The molecule has 0 aliphatic heterocycles. The average molecular weight is 628 g/mol. The molecule has 0 spiro atoms. The Morgan fingerprint density at radius 2 is 1.22 bits per heavy atom. The minimum absolute atomic E-state index is 0.641. The molecular weight excluding hydrogens is 595 g/mol. The van der Waals surface area contributed by atoms with Crippen LogP contribution in [-0.4, -0.2) is 4.57 Å². The van der Waals surface area contributed by atoms with E-state index in [0.717, 1.165) is 61.5 Å². The highest BCUT2D eigenvalue weighted by atomic mass is 15.0. The SMILES string of the molecule is C/C=C(/c1cccc(C#N)c1)c1ccccc1-c1ccccc1-c1cc(-c2ccc3c(c2)c2ccccc2n3-c2ccccc2)ccc1N. The van der Waals surface area contributed by atoms with Gasteiger partial charge in [-0.2, -0.15) is 5.26 Å². The molecular formula is C46H33N3. The number of nitrogen functional groups attached to an aromatic ring is 1. The zero-order chi connectivity index (χ0) is 33.3. The van der Waals surface area contributed by atoms with Crippen LogP contribution in [-0.2, 0) is 0 Å². The van der Waals surface area contributed by atoms with Crippen LogP contribution >= 0.6 is 0 Å². The molecule has 0 unspecified atom stereocenters. The van der Waals surface area contributed by atoms with Crippen molar-refractivity contribution >= 4 is 33.1 Å². The Kier molecular flexibility index (Phi) is 7.60. The lowest BCUT2D eigenvalue weighted by Crippen LogP contribution is -1.96. The van der Waals surface area contributed by atoms with E-state index in [9.17, 15) is 5.26 Å². The summed E-state index contributed by atoms with van der Waals surface area (Å²) in [6.45, 7) is 2.05. The summed E-state index contributed by atoms with van der Waals surface area (Å²) in [5.74, 6) is 0. The fraction of sp³-hybridized carbons (Fsp3) is 0.0217. The van der Waals surface area contributed by atoms with Crippen molar-refractivity contribution in [3.05, 3.63) is 187 Å². The number of benzene rings is 7. The lowest BCUT2D eigenvalue weighted by Gasteiger charge is -2.18. The first kappa shape index (κ1) is 29.8. The normalized spacial score (nSPS) is 11.6. The van der Waals surface area contributed by atoms with E-state index in [1.54, 1.807) is 0 Å². The molecule has 0 atom stereocenters. The fourth-order valence-corrected chi connectivity index (χ4v) is 7.12. The van der Waals surface area contributed by atoms with Crippen molar-refractivity contribution in [2.75, 3.05) is 5.73 Å². The molecule has 7 aromatic carbocycles. The van der Waals surface area contributed by atoms with Gasteiger partial charge in [0.2, 0.25) is 0 Å². The number of hydrogen-bond acceptors (Lipinski definition) is 2. The molecule has 8 aromatic rings. The molecule has 0 saturated heterocycles. The summed E-state index contributed by atoms with van der Waals surface area (Å²) in [5.41, 5.74) is 21.3. The van der Waals surface area contributed by atoms with Crippen molar-refractivity contribution in [2.24, 2.45) is 0 Å². The molecule has 0 bridgehead atoms. The molecule has 232 valence electrons. The summed E-state index contributed by atoms with van der Waals surface area (Å²) in [6, 6.07) is 59.3. The Bertz CT molecular complexity index is 2580. The largest absolute Gasteiger partial charge is 0.398 e. The number of anilines is 1. The van der Waals surface area contributed by atoms with Gasteiger partial charge in [0, 0.05) is 27.7 Å². The number of para-hydroxylation sites is 2. The number of allylic oxidation sites excluding steroid dienone is 1. The Morgan fingerprint density at radius 1 is 0.571 bits per heavy atom. The van der Waals surface area contributed by atoms with Gasteiger partial charge in [-0.1, -0.05) is 115 Å². The van der Waals surface area contributed by atoms with Crippen molar-refractivity contribution in [3.8, 4) is 45.1 Å². The van der Waals surface area contributed by atoms with Gasteiger partial charge in [0.05, 0.1) is 22.7 Å². The summed E-state index contributed by atoms with van der Waals surface area (Å²) in [4.78, 5) is 0. The molecule has 49 heavy (non-hydrogen) atoms. The molecule has 3 nitrogen and oxygen atoms in total. The van der Waals surface area contributed by atoms with Crippen molar-refractivity contribution in [3.63, 3.8) is 0 Å². The maximum Gasteiger partial charge on any atom is 0.0991 e. The molecule has 1 heterocycles. The number of nitriles is 1. The Labute approximate surface area is 286 Å². The van der Waals surface area contributed by atoms with Crippen molar-refractivity contribution < 1.29 is 0 Å². The van der Waals surface area contributed by atoms with Gasteiger partial charge in [0.15, 0.2) is 0 Å². The van der Waals surface area contributed by atoms with Gasteiger partial charge in [0.25, 0.3) is 0 Å². The number of rotatable bonds is 6. The van der Waals surface area contributed by atoms with Crippen molar-refractivity contribution in [1.29, 1.82) is 5.26 Å². The summed E-state index contributed by atoms with van der Waals surface area (Å²) in [7, 11) is 0. The maximum atomic E-state index is 9.58. The molecule has 3 heteroatoms. The highest BCUT2D eigenvalue weighted by Crippen LogP contribution is 2.42.